The number of carbonyl (C=O) groups is 2. The SMILES string of the molecule is CCC(OC(=O)c1ccc2nc(-c3ccc(C)cc3)[nH]c2c1)C(=O)Nc1sc2c(c1C#N)CCC(c1ccccc1)C2. The van der Waals surface area contributed by atoms with Crippen molar-refractivity contribution in [3.8, 4) is 17.5 Å². The number of fused-ring (bicyclic) bond motifs is 2. The molecule has 0 spiro atoms. The number of carbonyl (C=O) groups excluding carboxylic acids is 2. The number of nitrogens with zero attached hydrogens (tertiary/aromatic N) is 2. The maximum Gasteiger partial charge on any atom is 0.338 e. The molecule has 0 fully saturated rings. The van der Waals surface area contributed by atoms with Crippen LogP contribution in [0.4, 0.5) is 5.00 Å². The molecule has 42 heavy (non-hydrogen) atoms. The molecule has 1 aliphatic rings. The molecule has 2 atom stereocenters. The molecule has 5 aromatic rings. The van der Waals surface area contributed by atoms with Crippen molar-refractivity contribution in [3.05, 3.63) is 105 Å². The third-order valence-electron chi connectivity index (χ3n) is 7.84. The summed E-state index contributed by atoms with van der Waals surface area (Å²) in [5.74, 6) is 0.0623. The van der Waals surface area contributed by atoms with Crippen molar-refractivity contribution >= 4 is 39.2 Å². The number of thiophene rings is 1. The number of amides is 1. The lowest BCUT2D eigenvalue weighted by Crippen LogP contribution is -2.32. The smallest absolute Gasteiger partial charge is 0.338 e. The van der Waals surface area contributed by atoms with Crippen molar-refractivity contribution in [1.29, 1.82) is 5.26 Å². The summed E-state index contributed by atoms with van der Waals surface area (Å²) < 4.78 is 5.66. The van der Waals surface area contributed by atoms with Gasteiger partial charge in [-0.2, -0.15) is 5.26 Å². The number of hydrogen-bond donors (Lipinski definition) is 2. The molecule has 3 aromatic carbocycles. The topological polar surface area (TPSA) is 108 Å². The van der Waals surface area contributed by atoms with E-state index >= 15 is 0 Å². The highest BCUT2D eigenvalue weighted by Crippen LogP contribution is 2.42. The van der Waals surface area contributed by atoms with Crippen LogP contribution in [0.15, 0.2) is 72.8 Å². The van der Waals surface area contributed by atoms with Gasteiger partial charge in [0.05, 0.1) is 22.2 Å². The predicted molar refractivity (Wildman–Crippen MR) is 165 cm³/mol. The molecule has 210 valence electrons. The highest BCUT2D eigenvalue weighted by Gasteiger charge is 2.29. The maximum atomic E-state index is 13.3. The number of ether oxygens (including phenoxy) is 1. The Labute approximate surface area is 248 Å². The van der Waals surface area contributed by atoms with E-state index in [4.69, 9.17) is 4.74 Å². The zero-order valence-corrected chi connectivity index (χ0v) is 24.3. The van der Waals surface area contributed by atoms with E-state index in [1.165, 1.54) is 16.9 Å². The van der Waals surface area contributed by atoms with E-state index in [1.807, 2.05) is 49.4 Å². The standard InChI is InChI=1S/C34H30N4O3S/c1-3-29(41-34(40)24-14-16-27-28(17-24)37-31(36-27)22-11-9-20(2)10-12-22)32(39)38-33-26(19-35)25-15-13-23(18-30(25)42-33)21-7-5-4-6-8-21/h4-12,14,16-17,23,29H,3,13,15,18H2,1-2H3,(H,36,37)(H,38,39). The minimum absolute atomic E-state index is 0.296. The van der Waals surface area contributed by atoms with Crippen LogP contribution in [0.5, 0.6) is 0 Å². The summed E-state index contributed by atoms with van der Waals surface area (Å²) in [5, 5.41) is 13.4. The molecule has 2 unspecified atom stereocenters. The fourth-order valence-electron chi connectivity index (χ4n) is 5.50. The number of benzene rings is 3. The molecule has 2 aromatic heterocycles. The first kappa shape index (κ1) is 27.4. The molecule has 0 radical (unpaired) electrons. The second-order valence-electron chi connectivity index (χ2n) is 10.6. The minimum Gasteiger partial charge on any atom is -0.449 e. The number of rotatable bonds is 7. The minimum atomic E-state index is -0.999. The van der Waals surface area contributed by atoms with E-state index in [2.05, 4.69) is 33.5 Å². The normalized spacial score (nSPS) is 15.0. The number of nitrogens with one attached hydrogen (secondary N) is 2. The Kier molecular flexibility index (Phi) is 7.60. The van der Waals surface area contributed by atoms with Gasteiger partial charge in [-0.1, -0.05) is 67.1 Å². The van der Waals surface area contributed by atoms with Crippen LogP contribution in [-0.4, -0.2) is 27.9 Å². The van der Waals surface area contributed by atoms with Gasteiger partial charge in [-0.15, -0.1) is 11.3 Å². The first-order valence-electron chi connectivity index (χ1n) is 14.1. The van der Waals surface area contributed by atoms with Crippen molar-refractivity contribution < 1.29 is 14.3 Å². The van der Waals surface area contributed by atoms with Crippen LogP contribution in [0.2, 0.25) is 0 Å². The third kappa shape index (κ3) is 5.44. The Morgan fingerprint density at radius 1 is 1.14 bits per heavy atom. The van der Waals surface area contributed by atoms with Crippen LogP contribution in [0, 0.1) is 18.3 Å². The van der Waals surface area contributed by atoms with Crippen LogP contribution in [0.3, 0.4) is 0 Å². The quantitative estimate of drug-likeness (QED) is 0.198. The summed E-state index contributed by atoms with van der Waals surface area (Å²) in [6.07, 6.45) is 1.88. The van der Waals surface area contributed by atoms with Gasteiger partial charge in [-0.3, -0.25) is 4.79 Å². The first-order valence-corrected chi connectivity index (χ1v) is 14.9. The number of anilines is 1. The predicted octanol–water partition coefficient (Wildman–Crippen LogP) is 7.32. The second-order valence-corrected chi connectivity index (χ2v) is 11.8. The van der Waals surface area contributed by atoms with Crippen LogP contribution in [0.25, 0.3) is 22.4 Å². The molecular weight excluding hydrogens is 544 g/mol. The summed E-state index contributed by atoms with van der Waals surface area (Å²) in [4.78, 5) is 35.4. The number of imidazole rings is 1. The summed E-state index contributed by atoms with van der Waals surface area (Å²) in [6.45, 7) is 3.82. The van der Waals surface area contributed by atoms with Gasteiger partial charge >= 0.3 is 5.97 Å². The summed E-state index contributed by atoms with van der Waals surface area (Å²) >= 11 is 1.45. The Morgan fingerprint density at radius 3 is 2.67 bits per heavy atom. The Morgan fingerprint density at radius 2 is 1.93 bits per heavy atom. The van der Waals surface area contributed by atoms with E-state index < -0.39 is 18.0 Å². The van der Waals surface area contributed by atoms with Gasteiger partial charge in [0.1, 0.15) is 16.9 Å². The van der Waals surface area contributed by atoms with Crippen LogP contribution < -0.4 is 5.32 Å². The molecule has 2 heterocycles. The van der Waals surface area contributed by atoms with Gasteiger partial charge in [-0.25, -0.2) is 9.78 Å². The number of aromatic nitrogens is 2. The average molecular weight is 575 g/mol. The third-order valence-corrected chi connectivity index (χ3v) is 9.01. The van der Waals surface area contributed by atoms with E-state index in [0.29, 0.717) is 39.8 Å². The molecule has 7 nitrogen and oxygen atoms in total. The lowest BCUT2D eigenvalue weighted by molar-refractivity contribution is -0.124. The number of esters is 1. The number of aromatic amines is 1. The van der Waals surface area contributed by atoms with Gasteiger partial charge in [-0.05, 0) is 67.9 Å². The molecule has 0 bridgehead atoms. The zero-order valence-electron chi connectivity index (χ0n) is 23.4. The molecule has 1 aliphatic carbocycles. The largest absolute Gasteiger partial charge is 0.449 e. The van der Waals surface area contributed by atoms with E-state index in [0.717, 1.165) is 46.3 Å². The number of nitriles is 1. The molecule has 6 rings (SSSR count). The Bertz CT molecular complexity index is 1820. The van der Waals surface area contributed by atoms with Crippen molar-refractivity contribution in [3.63, 3.8) is 0 Å². The van der Waals surface area contributed by atoms with Crippen molar-refractivity contribution in [2.45, 2.75) is 51.6 Å². The molecule has 0 saturated heterocycles. The Hall–Kier alpha value is -4.74. The van der Waals surface area contributed by atoms with Gasteiger partial charge in [0.25, 0.3) is 5.91 Å². The van der Waals surface area contributed by atoms with E-state index in [1.54, 1.807) is 25.1 Å². The van der Waals surface area contributed by atoms with Crippen LogP contribution >= 0.6 is 11.3 Å². The second kappa shape index (κ2) is 11.6. The highest BCUT2D eigenvalue weighted by atomic mass is 32.1. The van der Waals surface area contributed by atoms with Crippen LogP contribution in [-0.2, 0) is 22.4 Å². The highest BCUT2D eigenvalue weighted by molar-refractivity contribution is 7.16. The lowest BCUT2D eigenvalue weighted by atomic mass is 9.83. The first-order chi connectivity index (χ1) is 20.4. The number of aryl methyl sites for hydroxylation is 1. The molecule has 2 N–H and O–H groups in total. The number of H-pyrrole nitrogens is 1. The zero-order chi connectivity index (χ0) is 29.2. The van der Waals surface area contributed by atoms with Gasteiger partial charge in [0.15, 0.2) is 6.10 Å². The molecular formula is C34H30N4O3S. The molecule has 0 saturated carbocycles. The van der Waals surface area contributed by atoms with Gasteiger partial charge in [0, 0.05) is 10.4 Å². The van der Waals surface area contributed by atoms with Gasteiger partial charge < -0.3 is 15.0 Å². The van der Waals surface area contributed by atoms with Crippen molar-refractivity contribution in [1.82, 2.24) is 9.97 Å². The van der Waals surface area contributed by atoms with Crippen molar-refractivity contribution in [2.75, 3.05) is 5.32 Å². The van der Waals surface area contributed by atoms with Crippen molar-refractivity contribution in [2.24, 2.45) is 0 Å². The molecule has 1 amide bonds. The molecule has 8 heteroatoms. The van der Waals surface area contributed by atoms with E-state index in [9.17, 15) is 14.9 Å². The Balaban J connectivity index is 1.16. The maximum absolute atomic E-state index is 13.3. The van der Waals surface area contributed by atoms with E-state index in [-0.39, 0.29) is 0 Å². The summed E-state index contributed by atoms with van der Waals surface area (Å²) in [5.41, 5.74) is 6.70. The van der Waals surface area contributed by atoms with Gasteiger partial charge in [0.2, 0.25) is 0 Å². The summed E-state index contributed by atoms with van der Waals surface area (Å²) in [6, 6.07) is 25.8. The summed E-state index contributed by atoms with van der Waals surface area (Å²) in [7, 11) is 0. The lowest BCUT2D eigenvalue weighted by Gasteiger charge is -2.22. The number of hydrogen-bond acceptors (Lipinski definition) is 6. The van der Waals surface area contributed by atoms with Crippen LogP contribution in [0.1, 0.15) is 63.2 Å². The fourth-order valence-corrected chi connectivity index (χ4v) is 6.78. The fraction of sp³-hybridized carbons (Fsp3) is 0.235. The molecule has 0 aliphatic heterocycles. The average Bonchev–Trinajstić information content (AvgIpc) is 3.60. The monoisotopic (exact) mass is 574 g/mol.